The molecule has 2 rings (SSSR count). The third kappa shape index (κ3) is 5.50. The first-order valence-corrected chi connectivity index (χ1v) is 10.8. The summed E-state index contributed by atoms with van der Waals surface area (Å²) in [5.74, 6) is -0.0391. The van der Waals surface area contributed by atoms with Crippen molar-refractivity contribution >= 4 is 33.4 Å². The average molecular weight is 371 g/mol. The fraction of sp³-hybridized carbons (Fsp3) is 0.588. The Kier molecular flexibility index (Phi) is 6.71. The molecule has 1 aliphatic carbocycles. The zero-order valence-electron chi connectivity index (χ0n) is 14.4. The maximum atomic E-state index is 12.3. The van der Waals surface area contributed by atoms with Gasteiger partial charge in [-0.3, -0.25) is 4.79 Å². The van der Waals surface area contributed by atoms with Crippen LogP contribution in [0.2, 0.25) is 0 Å². The number of rotatable bonds is 7. The third-order valence-electron chi connectivity index (χ3n) is 3.89. The molecule has 1 saturated carbocycles. The molecule has 1 aromatic carbocycles. The molecular formula is C17H26N2O3S2. The predicted molar refractivity (Wildman–Crippen MR) is 99.8 cm³/mol. The smallest absolute Gasteiger partial charge is 0.240 e. The molecular weight excluding hydrogens is 344 g/mol. The van der Waals surface area contributed by atoms with E-state index < -0.39 is 10.0 Å². The Morgan fingerprint density at radius 2 is 1.71 bits per heavy atom. The number of amides is 1. The largest absolute Gasteiger partial charge is 0.325 e. The molecule has 1 amide bonds. The lowest BCUT2D eigenvalue weighted by molar-refractivity contribution is -0.115. The van der Waals surface area contributed by atoms with Gasteiger partial charge in [0.05, 0.1) is 10.1 Å². The molecule has 0 unspecified atom stereocenters. The Morgan fingerprint density at radius 1 is 1.12 bits per heavy atom. The molecule has 0 heterocycles. The minimum absolute atomic E-state index is 0.0391. The summed E-state index contributed by atoms with van der Waals surface area (Å²) >= 11 is 1.73. The van der Waals surface area contributed by atoms with E-state index in [0.717, 1.165) is 0 Å². The highest BCUT2D eigenvalue weighted by Crippen LogP contribution is 2.32. The van der Waals surface area contributed by atoms with Gasteiger partial charge in [-0.1, -0.05) is 12.8 Å². The molecule has 24 heavy (non-hydrogen) atoms. The number of hydrogen-bond donors (Lipinski definition) is 2. The second-order valence-electron chi connectivity index (χ2n) is 6.47. The van der Waals surface area contributed by atoms with E-state index >= 15 is 0 Å². The normalized spacial score (nSPS) is 17.2. The molecule has 1 atom stereocenters. The summed E-state index contributed by atoms with van der Waals surface area (Å²) in [6.07, 6.45) is 4.90. The highest BCUT2D eigenvalue weighted by Gasteiger charge is 2.22. The topological polar surface area (TPSA) is 75.3 Å². The predicted octanol–water partition coefficient (Wildman–Crippen LogP) is 3.38. The van der Waals surface area contributed by atoms with Crippen molar-refractivity contribution in [2.75, 3.05) is 5.32 Å². The molecule has 0 bridgehead atoms. The van der Waals surface area contributed by atoms with Crippen molar-refractivity contribution in [2.24, 2.45) is 0 Å². The van der Waals surface area contributed by atoms with Crippen LogP contribution in [0.25, 0.3) is 0 Å². The van der Waals surface area contributed by atoms with Crippen LogP contribution < -0.4 is 10.0 Å². The molecule has 2 N–H and O–H groups in total. The Labute approximate surface area is 149 Å². The van der Waals surface area contributed by atoms with Gasteiger partial charge in [0.25, 0.3) is 0 Å². The summed E-state index contributed by atoms with van der Waals surface area (Å²) in [7, 11) is -3.50. The number of anilines is 1. The maximum absolute atomic E-state index is 12.3. The highest BCUT2D eigenvalue weighted by molar-refractivity contribution is 8.01. The lowest BCUT2D eigenvalue weighted by Crippen LogP contribution is -2.30. The van der Waals surface area contributed by atoms with Crippen molar-refractivity contribution < 1.29 is 13.2 Å². The summed E-state index contributed by atoms with van der Waals surface area (Å²) in [5.41, 5.74) is 0.613. The SMILES string of the molecule is CC(C)NS(=O)(=O)c1ccc(NC(=O)[C@@H](C)SC2CCCC2)cc1. The van der Waals surface area contributed by atoms with Crippen LogP contribution in [0.1, 0.15) is 46.5 Å². The van der Waals surface area contributed by atoms with Crippen molar-refractivity contribution in [3.8, 4) is 0 Å². The second-order valence-corrected chi connectivity index (χ2v) is 9.83. The van der Waals surface area contributed by atoms with Gasteiger partial charge in [-0.2, -0.15) is 0 Å². The van der Waals surface area contributed by atoms with Crippen molar-refractivity contribution in [1.82, 2.24) is 4.72 Å². The van der Waals surface area contributed by atoms with Gasteiger partial charge in [0.1, 0.15) is 0 Å². The van der Waals surface area contributed by atoms with Crippen molar-refractivity contribution in [2.45, 2.75) is 67.9 Å². The first-order chi connectivity index (χ1) is 11.3. The molecule has 5 nitrogen and oxygen atoms in total. The van der Waals surface area contributed by atoms with Crippen LogP contribution >= 0.6 is 11.8 Å². The van der Waals surface area contributed by atoms with Crippen LogP contribution in [0.3, 0.4) is 0 Å². The average Bonchev–Trinajstić information content (AvgIpc) is 2.99. The molecule has 0 aromatic heterocycles. The van der Waals surface area contributed by atoms with E-state index in [1.54, 1.807) is 37.7 Å². The number of benzene rings is 1. The first-order valence-electron chi connectivity index (χ1n) is 8.36. The van der Waals surface area contributed by atoms with Gasteiger partial charge in [0.2, 0.25) is 15.9 Å². The third-order valence-corrected chi connectivity index (χ3v) is 7.04. The number of thioether (sulfide) groups is 1. The van der Waals surface area contributed by atoms with Crippen LogP contribution in [0.5, 0.6) is 0 Å². The Balaban J connectivity index is 1.94. The van der Waals surface area contributed by atoms with Gasteiger partial charge in [0.15, 0.2) is 0 Å². The van der Waals surface area contributed by atoms with Crippen molar-refractivity contribution in [1.29, 1.82) is 0 Å². The van der Waals surface area contributed by atoms with Gasteiger partial charge in [0, 0.05) is 17.0 Å². The zero-order valence-corrected chi connectivity index (χ0v) is 16.0. The lowest BCUT2D eigenvalue weighted by atomic mass is 10.3. The van der Waals surface area contributed by atoms with E-state index in [2.05, 4.69) is 10.0 Å². The van der Waals surface area contributed by atoms with E-state index in [1.807, 2.05) is 6.92 Å². The van der Waals surface area contributed by atoms with Gasteiger partial charge in [-0.15, -0.1) is 11.8 Å². The number of carbonyl (C=O) groups is 1. The summed E-state index contributed by atoms with van der Waals surface area (Å²) in [6, 6.07) is 6.10. The highest BCUT2D eigenvalue weighted by atomic mass is 32.2. The van der Waals surface area contributed by atoms with Crippen molar-refractivity contribution in [3.05, 3.63) is 24.3 Å². The number of sulfonamides is 1. The molecule has 0 saturated heterocycles. The minimum Gasteiger partial charge on any atom is -0.325 e. The molecule has 0 spiro atoms. The fourth-order valence-corrected chi connectivity index (χ4v) is 5.33. The second kappa shape index (κ2) is 8.36. The molecule has 1 fully saturated rings. The maximum Gasteiger partial charge on any atom is 0.240 e. The molecule has 0 aliphatic heterocycles. The summed E-state index contributed by atoms with van der Waals surface area (Å²) in [4.78, 5) is 12.5. The van der Waals surface area contributed by atoms with E-state index in [4.69, 9.17) is 0 Å². The van der Waals surface area contributed by atoms with Crippen LogP contribution in [0.4, 0.5) is 5.69 Å². The molecule has 7 heteroatoms. The molecule has 1 aliphatic rings. The van der Waals surface area contributed by atoms with Crippen molar-refractivity contribution in [3.63, 3.8) is 0 Å². The van der Waals surface area contributed by atoms with Gasteiger partial charge in [-0.25, -0.2) is 13.1 Å². The quantitative estimate of drug-likeness (QED) is 0.771. The summed E-state index contributed by atoms with van der Waals surface area (Å²) < 4.78 is 26.7. The lowest BCUT2D eigenvalue weighted by Gasteiger charge is -2.16. The van der Waals surface area contributed by atoms with E-state index in [-0.39, 0.29) is 22.1 Å². The molecule has 134 valence electrons. The minimum atomic E-state index is -3.50. The summed E-state index contributed by atoms with van der Waals surface area (Å²) in [5, 5.41) is 3.33. The number of nitrogens with one attached hydrogen (secondary N) is 2. The van der Waals surface area contributed by atoms with Crippen LogP contribution in [0, 0.1) is 0 Å². The Hall–Kier alpha value is -1.05. The Bertz CT molecular complexity index is 651. The van der Waals surface area contributed by atoms with Gasteiger partial charge in [-0.05, 0) is 57.9 Å². The first kappa shape index (κ1) is 19.3. The number of carbonyl (C=O) groups excluding carboxylic acids is 1. The van der Waals surface area contributed by atoms with E-state index in [0.29, 0.717) is 10.9 Å². The van der Waals surface area contributed by atoms with Gasteiger partial charge >= 0.3 is 0 Å². The van der Waals surface area contributed by atoms with Gasteiger partial charge < -0.3 is 5.32 Å². The summed E-state index contributed by atoms with van der Waals surface area (Å²) in [6.45, 7) is 5.47. The fourth-order valence-electron chi connectivity index (χ4n) is 2.71. The monoisotopic (exact) mass is 370 g/mol. The van der Waals surface area contributed by atoms with E-state index in [1.165, 1.54) is 37.8 Å². The van der Waals surface area contributed by atoms with Crippen LogP contribution in [-0.2, 0) is 14.8 Å². The van der Waals surface area contributed by atoms with E-state index in [9.17, 15) is 13.2 Å². The Morgan fingerprint density at radius 3 is 2.25 bits per heavy atom. The molecule has 0 radical (unpaired) electrons. The standard InChI is InChI=1S/C17H26N2O3S2/c1-12(2)19-24(21,22)16-10-8-14(9-11-16)18-17(20)13(3)23-15-6-4-5-7-15/h8-13,15,19H,4-7H2,1-3H3,(H,18,20)/t13-/m1/s1. The number of hydrogen-bond acceptors (Lipinski definition) is 4. The van der Waals surface area contributed by atoms with Crippen LogP contribution in [0.15, 0.2) is 29.2 Å². The van der Waals surface area contributed by atoms with Crippen LogP contribution in [-0.4, -0.2) is 30.9 Å². The zero-order chi connectivity index (χ0) is 17.7. The molecule has 1 aromatic rings.